The summed E-state index contributed by atoms with van der Waals surface area (Å²) in [7, 11) is 3.44. The minimum absolute atomic E-state index is 0.660. The van der Waals surface area contributed by atoms with Gasteiger partial charge in [-0.15, -0.1) is 0 Å². The van der Waals surface area contributed by atoms with Gasteiger partial charge in [0.15, 0.2) is 0 Å². The molecule has 0 fully saturated rings. The second-order valence-electron chi connectivity index (χ2n) is 5.54. The number of nitrogens with zero attached hydrogens (tertiary/aromatic N) is 1. The van der Waals surface area contributed by atoms with Crippen LogP contribution in [0, 0.1) is 0 Å². The molecule has 24 heavy (non-hydrogen) atoms. The highest BCUT2D eigenvalue weighted by Crippen LogP contribution is 2.35. The van der Waals surface area contributed by atoms with Gasteiger partial charge in [-0.05, 0) is 29.3 Å². The van der Waals surface area contributed by atoms with Crippen molar-refractivity contribution in [3.63, 3.8) is 0 Å². The van der Waals surface area contributed by atoms with Crippen molar-refractivity contribution < 1.29 is 9.47 Å². The molecule has 2 N–H and O–H groups in total. The molecular weight excluding hydrogens is 368 g/mol. The van der Waals surface area contributed by atoms with Gasteiger partial charge in [0.25, 0.3) is 0 Å². The van der Waals surface area contributed by atoms with E-state index in [1.165, 1.54) is 11.1 Å². The van der Waals surface area contributed by atoms with E-state index in [2.05, 4.69) is 51.2 Å². The fourth-order valence-electron chi connectivity index (χ4n) is 2.70. The first kappa shape index (κ1) is 18.8. The van der Waals surface area contributed by atoms with Crippen molar-refractivity contribution >= 4 is 27.3 Å². The quantitative estimate of drug-likeness (QED) is 0.518. The molecule has 0 aliphatic heterocycles. The first-order chi connectivity index (χ1) is 11.7. The highest BCUT2D eigenvalue weighted by atomic mass is 79.9. The molecule has 5 heteroatoms. The van der Waals surface area contributed by atoms with Gasteiger partial charge in [0, 0.05) is 49.6 Å². The maximum absolute atomic E-state index is 6.08. The van der Waals surface area contributed by atoms with Gasteiger partial charge in [-0.25, -0.2) is 0 Å². The number of rotatable bonds is 9. The van der Waals surface area contributed by atoms with Crippen LogP contribution in [0.2, 0.25) is 0 Å². The number of methoxy groups -OCH3 is 2. The van der Waals surface area contributed by atoms with E-state index in [9.17, 15) is 0 Å². The summed E-state index contributed by atoms with van der Waals surface area (Å²) in [6.07, 6.45) is 0. The molecular formula is C19H25BrN2O2. The third-order valence-electron chi connectivity index (χ3n) is 3.94. The van der Waals surface area contributed by atoms with Crippen molar-refractivity contribution in [1.82, 2.24) is 0 Å². The largest absolute Gasteiger partial charge is 0.399 e. The minimum Gasteiger partial charge on any atom is -0.399 e. The van der Waals surface area contributed by atoms with Crippen LogP contribution >= 0.6 is 15.9 Å². The van der Waals surface area contributed by atoms with Crippen LogP contribution in [0.1, 0.15) is 5.56 Å². The topological polar surface area (TPSA) is 47.7 Å². The lowest BCUT2D eigenvalue weighted by molar-refractivity contribution is 0.190. The average molecular weight is 393 g/mol. The molecule has 130 valence electrons. The van der Waals surface area contributed by atoms with E-state index >= 15 is 0 Å². The van der Waals surface area contributed by atoms with Crippen LogP contribution in [-0.4, -0.2) is 40.5 Å². The summed E-state index contributed by atoms with van der Waals surface area (Å²) in [5, 5.41) is 0.799. The zero-order valence-electron chi connectivity index (χ0n) is 14.3. The van der Waals surface area contributed by atoms with Gasteiger partial charge in [0.05, 0.1) is 13.2 Å². The highest BCUT2D eigenvalue weighted by molar-refractivity contribution is 9.08. The fraction of sp³-hybridized carbons (Fsp3) is 0.368. The second kappa shape index (κ2) is 9.67. The normalized spacial score (nSPS) is 10.8. The van der Waals surface area contributed by atoms with Crippen LogP contribution in [0.4, 0.5) is 11.4 Å². The van der Waals surface area contributed by atoms with Crippen LogP contribution in [0.15, 0.2) is 42.5 Å². The third-order valence-corrected chi connectivity index (χ3v) is 4.55. The molecule has 0 spiro atoms. The molecule has 0 amide bonds. The molecule has 2 aromatic carbocycles. The van der Waals surface area contributed by atoms with E-state index in [0.29, 0.717) is 13.2 Å². The van der Waals surface area contributed by atoms with Gasteiger partial charge >= 0.3 is 0 Å². The van der Waals surface area contributed by atoms with Crippen LogP contribution in [0.5, 0.6) is 0 Å². The first-order valence-corrected chi connectivity index (χ1v) is 9.10. The van der Waals surface area contributed by atoms with Crippen molar-refractivity contribution in [1.29, 1.82) is 0 Å². The summed E-state index contributed by atoms with van der Waals surface area (Å²) in [6, 6.07) is 14.5. The Labute approximate surface area is 152 Å². The summed E-state index contributed by atoms with van der Waals surface area (Å²) in [6.45, 7) is 2.92. The van der Waals surface area contributed by atoms with E-state index in [4.69, 9.17) is 15.2 Å². The number of ether oxygens (including phenoxy) is 2. The van der Waals surface area contributed by atoms with Crippen molar-refractivity contribution in [2.75, 3.05) is 51.2 Å². The van der Waals surface area contributed by atoms with Gasteiger partial charge in [0.1, 0.15) is 0 Å². The first-order valence-electron chi connectivity index (χ1n) is 7.97. The zero-order valence-corrected chi connectivity index (χ0v) is 15.9. The smallest absolute Gasteiger partial charge is 0.0637 e. The summed E-state index contributed by atoms with van der Waals surface area (Å²) >= 11 is 3.58. The lowest BCUT2D eigenvalue weighted by Crippen LogP contribution is -2.31. The number of nitrogen functional groups attached to an aromatic ring is 1. The van der Waals surface area contributed by atoms with Crippen LogP contribution in [0.3, 0.4) is 0 Å². The molecule has 0 heterocycles. The molecule has 0 aliphatic rings. The second-order valence-corrected chi connectivity index (χ2v) is 6.10. The zero-order chi connectivity index (χ0) is 17.4. The number of nitrogens with two attached hydrogens (primary N) is 1. The average Bonchev–Trinajstić information content (AvgIpc) is 2.62. The SMILES string of the molecule is COCCN(CCOC)c1ccc(N)cc1-c1ccccc1CBr. The maximum Gasteiger partial charge on any atom is 0.0637 e. The molecule has 0 radical (unpaired) electrons. The summed E-state index contributed by atoms with van der Waals surface area (Å²) in [4.78, 5) is 2.28. The number of hydrogen-bond acceptors (Lipinski definition) is 4. The molecule has 4 nitrogen and oxygen atoms in total. The Morgan fingerprint density at radius 3 is 2.25 bits per heavy atom. The molecule has 0 saturated heterocycles. The Hall–Kier alpha value is -1.56. The van der Waals surface area contributed by atoms with E-state index in [1.54, 1.807) is 14.2 Å². The standard InChI is InChI=1S/C19H25BrN2O2/c1-23-11-9-22(10-12-24-2)19-8-7-16(21)13-18(19)17-6-4-3-5-15(17)14-20/h3-8,13H,9-12,14,21H2,1-2H3. The Morgan fingerprint density at radius 2 is 1.62 bits per heavy atom. The van der Waals surface area contributed by atoms with E-state index in [-0.39, 0.29) is 0 Å². The van der Waals surface area contributed by atoms with Crippen molar-refractivity contribution in [2.24, 2.45) is 0 Å². The number of alkyl halides is 1. The van der Waals surface area contributed by atoms with Crippen molar-refractivity contribution in [2.45, 2.75) is 5.33 Å². The van der Waals surface area contributed by atoms with E-state index in [1.807, 2.05) is 12.1 Å². The number of hydrogen-bond donors (Lipinski definition) is 1. The monoisotopic (exact) mass is 392 g/mol. The molecule has 2 aromatic rings. The Morgan fingerprint density at radius 1 is 0.958 bits per heavy atom. The van der Waals surface area contributed by atoms with Gasteiger partial charge in [-0.1, -0.05) is 40.2 Å². The molecule has 0 aliphatic carbocycles. The van der Waals surface area contributed by atoms with Gasteiger partial charge < -0.3 is 20.1 Å². The molecule has 0 aromatic heterocycles. The number of halogens is 1. The summed E-state index contributed by atoms with van der Waals surface area (Å²) in [5.41, 5.74) is 11.5. The van der Waals surface area contributed by atoms with E-state index < -0.39 is 0 Å². The molecule has 2 rings (SSSR count). The fourth-order valence-corrected chi connectivity index (χ4v) is 3.19. The predicted octanol–water partition coefficient (Wildman–Crippen LogP) is 3.93. The predicted molar refractivity (Wildman–Crippen MR) is 105 cm³/mol. The number of anilines is 2. The van der Waals surface area contributed by atoms with Crippen LogP contribution < -0.4 is 10.6 Å². The lowest BCUT2D eigenvalue weighted by Gasteiger charge is -2.27. The molecule has 0 saturated carbocycles. The minimum atomic E-state index is 0.660. The number of benzene rings is 2. The third kappa shape index (κ3) is 4.72. The van der Waals surface area contributed by atoms with Gasteiger partial charge in [0.2, 0.25) is 0 Å². The highest BCUT2D eigenvalue weighted by Gasteiger charge is 2.15. The van der Waals surface area contributed by atoms with E-state index in [0.717, 1.165) is 35.4 Å². The Bertz CT molecular complexity index is 641. The summed E-state index contributed by atoms with van der Waals surface area (Å²) in [5.74, 6) is 0. The lowest BCUT2D eigenvalue weighted by atomic mass is 9.97. The Kier molecular flexibility index (Phi) is 7.56. The summed E-state index contributed by atoms with van der Waals surface area (Å²) < 4.78 is 10.5. The van der Waals surface area contributed by atoms with Gasteiger partial charge in [-0.2, -0.15) is 0 Å². The van der Waals surface area contributed by atoms with Gasteiger partial charge in [-0.3, -0.25) is 0 Å². The molecule has 0 unspecified atom stereocenters. The molecule has 0 bridgehead atoms. The maximum atomic E-state index is 6.08. The van der Waals surface area contributed by atoms with Crippen LogP contribution in [-0.2, 0) is 14.8 Å². The molecule has 0 atom stereocenters. The van der Waals surface area contributed by atoms with Crippen LogP contribution in [0.25, 0.3) is 11.1 Å². The Balaban J connectivity index is 2.48. The van der Waals surface area contributed by atoms with Crippen molar-refractivity contribution in [3.05, 3.63) is 48.0 Å². The van der Waals surface area contributed by atoms with Crippen molar-refractivity contribution in [3.8, 4) is 11.1 Å².